The smallest absolute Gasteiger partial charge is 0.227 e. The molecule has 0 bridgehead atoms. The van der Waals surface area contributed by atoms with E-state index >= 15 is 0 Å². The molecule has 3 heteroatoms. The number of rotatable bonds is 5. The molecule has 2 nitrogen and oxygen atoms in total. The summed E-state index contributed by atoms with van der Waals surface area (Å²) in [6.45, 7) is 6.25. The molecule has 1 N–H and O–H groups in total. The Morgan fingerprint density at radius 3 is 2.50 bits per heavy atom. The number of nitrogens with one attached hydrogen (secondary N) is 1. The SMILES string of the molecule is CCCCC1CCC(C(=O)Nc2c(C)cc(C)cc2Cl)CC1. The zero-order chi connectivity index (χ0) is 16.1. The van der Waals surface area contributed by atoms with Gasteiger partial charge in [-0.2, -0.15) is 0 Å². The highest BCUT2D eigenvalue weighted by Gasteiger charge is 2.26. The lowest BCUT2D eigenvalue weighted by Crippen LogP contribution is -2.27. The average Bonchev–Trinajstić information content (AvgIpc) is 2.49. The van der Waals surface area contributed by atoms with Gasteiger partial charge in [-0.05, 0) is 62.6 Å². The van der Waals surface area contributed by atoms with Crippen LogP contribution in [0.5, 0.6) is 0 Å². The molecule has 1 aromatic rings. The number of carbonyl (C=O) groups is 1. The van der Waals surface area contributed by atoms with Crippen LogP contribution < -0.4 is 5.32 Å². The minimum Gasteiger partial charge on any atom is -0.324 e. The van der Waals surface area contributed by atoms with Crippen LogP contribution >= 0.6 is 11.6 Å². The van der Waals surface area contributed by atoms with Gasteiger partial charge >= 0.3 is 0 Å². The van der Waals surface area contributed by atoms with Crippen molar-refractivity contribution in [3.63, 3.8) is 0 Å². The molecule has 0 aromatic heterocycles. The first-order valence-corrected chi connectivity index (χ1v) is 8.96. The number of carbonyl (C=O) groups excluding carboxylic acids is 1. The van der Waals surface area contributed by atoms with Crippen LogP contribution in [0.2, 0.25) is 5.02 Å². The number of hydrogen-bond donors (Lipinski definition) is 1. The molecule has 0 aliphatic heterocycles. The van der Waals surface area contributed by atoms with Crippen molar-refractivity contribution in [2.45, 2.75) is 65.7 Å². The number of benzene rings is 1. The fourth-order valence-electron chi connectivity index (χ4n) is 3.51. The molecule has 0 spiro atoms. The fraction of sp³-hybridized carbons (Fsp3) is 0.632. The molecule has 1 amide bonds. The van der Waals surface area contributed by atoms with Gasteiger partial charge in [0, 0.05) is 5.92 Å². The van der Waals surface area contributed by atoms with Crippen LogP contribution in [0.15, 0.2) is 12.1 Å². The minimum atomic E-state index is 0.141. The van der Waals surface area contributed by atoms with Crippen molar-refractivity contribution in [1.29, 1.82) is 0 Å². The summed E-state index contributed by atoms with van der Waals surface area (Å²) in [7, 11) is 0. The minimum absolute atomic E-state index is 0.141. The molecule has 1 fully saturated rings. The number of amides is 1. The summed E-state index contributed by atoms with van der Waals surface area (Å²) >= 11 is 6.28. The lowest BCUT2D eigenvalue weighted by molar-refractivity contribution is -0.121. The topological polar surface area (TPSA) is 29.1 Å². The highest BCUT2D eigenvalue weighted by molar-refractivity contribution is 6.34. The number of hydrogen-bond acceptors (Lipinski definition) is 1. The third kappa shape index (κ3) is 4.49. The first-order chi connectivity index (χ1) is 10.5. The molecule has 2 rings (SSSR count). The van der Waals surface area contributed by atoms with E-state index in [1.54, 1.807) is 0 Å². The Morgan fingerprint density at radius 1 is 1.23 bits per heavy atom. The van der Waals surface area contributed by atoms with Gasteiger partial charge in [0.05, 0.1) is 10.7 Å². The van der Waals surface area contributed by atoms with E-state index in [1.807, 2.05) is 19.9 Å². The third-order valence-corrected chi connectivity index (χ3v) is 5.16. The second-order valence-corrected chi connectivity index (χ2v) is 7.19. The van der Waals surface area contributed by atoms with Crippen molar-refractivity contribution in [2.75, 3.05) is 5.32 Å². The molecular weight excluding hydrogens is 294 g/mol. The molecule has 0 saturated heterocycles. The Balaban J connectivity index is 1.91. The number of aryl methyl sites for hydroxylation is 2. The molecule has 0 atom stereocenters. The highest BCUT2D eigenvalue weighted by Crippen LogP contribution is 2.34. The van der Waals surface area contributed by atoms with Crippen molar-refractivity contribution >= 4 is 23.2 Å². The van der Waals surface area contributed by atoms with Gasteiger partial charge in [-0.25, -0.2) is 0 Å². The second-order valence-electron chi connectivity index (χ2n) is 6.79. The van der Waals surface area contributed by atoms with Crippen LogP contribution in [0.25, 0.3) is 0 Å². The van der Waals surface area contributed by atoms with Gasteiger partial charge in [0.1, 0.15) is 0 Å². The number of halogens is 1. The van der Waals surface area contributed by atoms with Crippen LogP contribution in [0.3, 0.4) is 0 Å². The molecule has 1 aromatic carbocycles. The number of unbranched alkanes of at least 4 members (excludes halogenated alkanes) is 1. The molecule has 1 saturated carbocycles. The fourth-order valence-corrected chi connectivity index (χ4v) is 3.87. The predicted molar refractivity (Wildman–Crippen MR) is 94.5 cm³/mol. The third-order valence-electron chi connectivity index (χ3n) is 4.86. The van der Waals surface area contributed by atoms with Crippen molar-refractivity contribution in [3.05, 3.63) is 28.3 Å². The van der Waals surface area contributed by atoms with Gasteiger partial charge in [0.25, 0.3) is 0 Å². The van der Waals surface area contributed by atoms with E-state index in [2.05, 4.69) is 18.3 Å². The molecule has 122 valence electrons. The summed E-state index contributed by atoms with van der Waals surface area (Å²) in [5, 5.41) is 3.70. The molecule has 0 radical (unpaired) electrons. The van der Waals surface area contributed by atoms with E-state index in [-0.39, 0.29) is 11.8 Å². The molecule has 1 aliphatic carbocycles. The predicted octanol–water partition coefficient (Wildman–Crippen LogP) is 5.89. The zero-order valence-electron chi connectivity index (χ0n) is 14.0. The van der Waals surface area contributed by atoms with E-state index in [9.17, 15) is 4.79 Å². The summed E-state index contributed by atoms with van der Waals surface area (Å²) in [6.07, 6.45) is 8.34. The maximum Gasteiger partial charge on any atom is 0.227 e. The summed E-state index contributed by atoms with van der Waals surface area (Å²) in [6, 6.07) is 3.97. The van der Waals surface area contributed by atoms with Gasteiger partial charge < -0.3 is 5.32 Å². The lowest BCUT2D eigenvalue weighted by Gasteiger charge is -2.28. The van der Waals surface area contributed by atoms with Crippen molar-refractivity contribution in [1.82, 2.24) is 0 Å². The summed E-state index contributed by atoms with van der Waals surface area (Å²) in [5.41, 5.74) is 2.94. The highest BCUT2D eigenvalue weighted by atomic mass is 35.5. The maximum atomic E-state index is 12.5. The molecular formula is C19H28ClNO. The van der Waals surface area contributed by atoms with Crippen LogP contribution in [0, 0.1) is 25.7 Å². The Hall–Kier alpha value is -1.02. The average molecular weight is 322 g/mol. The summed E-state index contributed by atoms with van der Waals surface area (Å²) < 4.78 is 0. The first-order valence-electron chi connectivity index (χ1n) is 8.58. The van der Waals surface area contributed by atoms with E-state index in [4.69, 9.17) is 11.6 Å². The monoisotopic (exact) mass is 321 g/mol. The normalized spacial score (nSPS) is 21.6. The Morgan fingerprint density at radius 2 is 1.91 bits per heavy atom. The largest absolute Gasteiger partial charge is 0.324 e. The van der Waals surface area contributed by atoms with Gasteiger partial charge in [0.15, 0.2) is 0 Å². The van der Waals surface area contributed by atoms with Crippen LogP contribution in [0.1, 0.15) is 63.0 Å². The zero-order valence-corrected chi connectivity index (χ0v) is 14.8. The van der Waals surface area contributed by atoms with Gasteiger partial charge in [0.2, 0.25) is 5.91 Å². The van der Waals surface area contributed by atoms with E-state index in [0.29, 0.717) is 5.02 Å². The first kappa shape index (κ1) is 17.3. The Labute approximate surface area is 139 Å². The maximum absolute atomic E-state index is 12.5. The van der Waals surface area contributed by atoms with Crippen LogP contribution in [0.4, 0.5) is 5.69 Å². The van der Waals surface area contributed by atoms with Gasteiger partial charge in [-0.3, -0.25) is 4.79 Å². The second kappa shape index (κ2) is 8.01. The summed E-state index contributed by atoms with van der Waals surface area (Å²) in [5.74, 6) is 1.12. The van der Waals surface area contributed by atoms with Gasteiger partial charge in [-0.1, -0.05) is 43.9 Å². The molecule has 0 unspecified atom stereocenters. The quantitative estimate of drug-likeness (QED) is 0.719. The molecule has 1 aliphatic rings. The standard InChI is InChI=1S/C19H28ClNO/c1-4-5-6-15-7-9-16(10-8-15)19(22)21-18-14(3)11-13(2)12-17(18)20/h11-12,15-16H,4-10H2,1-3H3,(H,21,22). The lowest BCUT2D eigenvalue weighted by atomic mass is 9.79. The summed E-state index contributed by atoms with van der Waals surface area (Å²) in [4.78, 5) is 12.5. The van der Waals surface area contributed by atoms with Crippen molar-refractivity contribution in [3.8, 4) is 0 Å². The van der Waals surface area contributed by atoms with E-state index in [1.165, 1.54) is 32.1 Å². The van der Waals surface area contributed by atoms with Crippen molar-refractivity contribution in [2.24, 2.45) is 11.8 Å². The van der Waals surface area contributed by atoms with Crippen molar-refractivity contribution < 1.29 is 4.79 Å². The Kier molecular flexibility index (Phi) is 6.31. The van der Waals surface area contributed by atoms with E-state index in [0.717, 1.165) is 35.6 Å². The Bertz CT molecular complexity index is 495. The molecule has 0 heterocycles. The van der Waals surface area contributed by atoms with Crippen LogP contribution in [-0.4, -0.2) is 5.91 Å². The van der Waals surface area contributed by atoms with E-state index < -0.39 is 0 Å². The van der Waals surface area contributed by atoms with Gasteiger partial charge in [-0.15, -0.1) is 0 Å². The number of anilines is 1. The molecule has 22 heavy (non-hydrogen) atoms. The van der Waals surface area contributed by atoms with Crippen LogP contribution in [-0.2, 0) is 4.79 Å².